The quantitative estimate of drug-likeness (QED) is 0.506. The minimum absolute atomic E-state index is 0.156. The van der Waals surface area contributed by atoms with Crippen LogP contribution in [-0.4, -0.2) is 35.8 Å². The molecule has 2 aromatic heterocycles. The van der Waals surface area contributed by atoms with E-state index in [2.05, 4.69) is 37.0 Å². The molecular formula is C21H24ClN3O3S3. The van der Waals surface area contributed by atoms with Crippen LogP contribution in [0.15, 0.2) is 39.5 Å². The monoisotopic (exact) mass is 497 g/mol. The van der Waals surface area contributed by atoms with E-state index < -0.39 is 22.0 Å². The van der Waals surface area contributed by atoms with Crippen LogP contribution in [0, 0.1) is 0 Å². The van der Waals surface area contributed by atoms with Gasteiger partial charge >= 0.3 is 0 Å². The van der Waals surface area contributed by atoms with Crippen LogP contribution in [0.2, 0.25) is 4.34 Å². The van der Waals surface area contributed by atoms with E-state index in [4.69, 9.17) is 11.6 Å². The first-order chi connectivity index (χ1) is 14.7. The van der Waals surface area contributed by atoms with Gasteiger partial charge in [0.25, 0.3) is 15.9 Å². The molecule has 10 heteroatoms. The zero-order valence-electron chi connectivity index (χ0n) is 17.5. The number of benzene rings is 1. The Hall–Kier alpha value is -1.52. The van der Waals surface area contributed by atoms with Crippen LogP contribution in [0.4, 0.5) is 0 Å². The van der Waals surface area contributed by atoms with E-state index in [0.29, 0.717) is 41.0 Å². The van der Waals surface area contributed by atoms with E-state index in [9.17, 15) is 13.2 Å². The first kappa shape index (κ1) is 22.7. The van der Waals surface area contributed by atoms with Gasteiger partial charge in [-0.05, 0) is 55.5 Å². The van der Waals surface area contributed by atoms with Crippen molar-refractivity contribution in [2.75, 3.05) is 6.54 Å². The number of carbonyl (C=O) groups excluding carboxylic acids is 1. The Morgan fingerprint density at radius 2 is 2.03 bits per heavy atom. The van der Waals surface area contributed by atoms with Crippen LogP contribution >= 0.6 is 34.3 Å². The second-order valence-corrected chi connectivity index (χ2v) is 12.6. The van der Waals surface area contributed by atoms with Gasteiger partial charge in [-0.2, -0.15) is 9.30 Å². The summed E-state index contributed by atoms with van der Waals surface area (Å²) in [5.41, 5.74) is 2.27. The molecule has 1 aliphatic rings. The van der Waals surface area contributed by atoms with Gasteiger partial charge in [0.05, 0.1) is 14.6 Å². The summed E-state index contributed by atoms with van der Waals surface area (Å²) >= 11 is 8.40. The summed E-state index contributed by atoms with van der Waals surface area (Å²) in [6, 6.07) is 8.59. The lowest BCUT2D eigenvalue weighted by atomic mass is 10.0. The third-order valence-corrected chi connectivity index (χ3v) is 10.1. The number of carbonyl (C=O) groups is 1. The predicted molar refractivity (Wildman–Crippen MR) is 126 cm³/mol. The molecule has 0 N–H and O–H groups in total. The molecule has 1 saturated heterocycles. The third kappa shape index (κ3) is 4.26. The fourth-order valence-corrected chi connectivity index (χ4v) is 8.25. The lowest BCUT2D eigenvalue weighted by Gasteiger charge is -2.20. The number of hydrogen-bond acceptors (Lipinski definition) is 5. The Morgan fingerprint density at radius 3 is 2.68 bits per heavy atom. The molecule has 3 heterocycles. The van der Waals surface area contributed by atoms with Crippen molar-refractivity contribution in [2.24, 2.45) is 4.99 Å². The Balaban J connectivity index is 1.71. The number of nitrogens with zero attached hydrogens (tertiary/aromatic N) is 3. The molecule has 6 nitrogen and oxygen atoms in total. The highest BCUT2D eigenvalue weighted by molar-refractivity contribution is 7.91. The van der Waals surface area contributed by atoms with Crippen LogP contribution in [-0.2, 0) is 21.4 Å². The first-order valence-corrected chi connectivity index (χ1v) is 13.7. The molecule has 3 aromatic rings. The van der Waals surface area contributed by atoms with E-state index in [0.717, 1.165) is 21.6 Å². The zero-order valence-corrected chi connectivity index (χ0v) is 20.7. The molecule has 1 aromatic carbocycles. The number of rotatable bonds is 5. The molecule has 1 amide bonds. The fourth-order valence-electron chi connectivity index (χ4n) is 3.84. The minimum Gasteiger partial charge on any atom is -0.317 e. The SMILES string of the molecule is CCn1c(=NC(=O)C2CCCN2S(=O)(=O)c2ccc(Cl)s2)sc2cc(C(C)C)ccc21. The van der Waals surface area contributed by atoms with Crippen LogP contribution in [0.25, 0.3) is 10.2 Å². The number of aryl methyl sites for hydroxylation is 1. The molecule has 0 spiro atoms. The van der Waals surface area contributed by atoms with E-state index in [1.165, 1.54) is 27.3 Å². The highest BCUT2D eigenvalue weighted by atomic mass is 35.5. The van der Waals surface area contributed by atoms with Gasteiger partial charge in [0, 0.05) is 13.1 Å². The number of fused-ring (bicyclic) bond motifs is 1. The maximum atomic E-state index is 13.1. The number of halogens is 1. The third-order valence-electron chi connectivity index (χ3n) is 5.50. The molecule has 0 radical (unpaired) electrons. The van der Waals surface area contributed by atoms with Gasteiger partial charge in [0.15, 0.2) is 4.80 Å². The van der Waals surface area contributed by atoms with Gasteiger partial charge in [-0.1, -0.05) is 42.9 Å². The summed E-state index contributed by atoms with van der Waals surface area (Å²) in [7, 11) is -3.78. The van der Waals surface area contributed by atoms with Crippen molar-refractivity contribution < 1.29 is 13.2 Å². The average molecular weight is 498 g/mol. The number of thiazole rings is 1. The second kappa shape index (κ2) is 8.78. The van der Waals surface area contributed by atoms with Crippen LogP contribution in [0.1, 0.15) is 45.1 Å². The number of amides is 1. The zero-order chi connectivity index (χ0) is 22.3. The molecule has 166 valence electrons. The molecule has 1 atom stereocenters. The van der Waals surface area contributed by atoms with Crippen molar-refractivity contribution in [2.45, 2.75) is 56.3 Å². The molecule has 0 saturated carbocycles. The molecule has 31 heavy (non-hydrogen) atoms. The van der Waals surface area contributed by atoms with E-state index in [1.807, 2.05) is 11.5 Å². The summed E-state index contributed by atoms with van der Waals surface area (Å²) in [5, 5.41) is 0. The van der Waals surface area contributed by atoms with Crippen molar-refractivity contribution in [3.8, 4) is 0 Å². The summed E-state index contributed by atoms with van der Waals surface area (Å²) in [6.07, 6.45) is 1.09. The number of hydrogen-bond donors (Lipinski definition) is 0. The van der Waals surface area contributed by atoms with Gasteiger partial charge < -0.3 is 4.57 Å². The summed E-state index contributed by atoms with van der Waals surface area (Å²) < 4.78 is 31.0. The fraction of sp³-hybridized carbons (Fsp3) is 0.429. The van der Waals surface area contributed by atoms with Gasteiger partial charge in [-0.15, -0.1) is 11.3 Å². The van der Waals surface area contributed by atoms with Crippen LogP contribution in [0.5, 0.6) is 0 Å². The van der Waals surface area contributed by atoms with Crippen molar-refractivity contribution in [3.05, 3.63) is 45.0 Å². The molecule has 0 aliphatic carbocycles. The van der Waals surface area contributed by atoms with Crippen LogP contribution in [0.3, 0.4) is 0 Å². The van der Waals surface area contributed by atoms with Gasteiger partial charge in [0.2, 0.25) is 0 Å². The predicted octanol–water partition coefficient (Wildman–Crippen LogP) is 4.84. The highest BCUT2D eigenvalue weighted by Gasteiger charge is 2.40. The van der Waals surface area contributed by atoms with Gasteiger partial charge in [-0.25, -0.2) is 8.42 Å². The topological polar surface area (TPSA) is 71.7 Å². The van der Waals surface area contributed by atoms with Gasteiger partial charge in [0.1, 0.15) is 10.3 Å². The molecule has 0 bridgehead atoms. The van der Waals surface area contributed by atoms with E-state index in [-0.39, 0.29) is 4.21 Å². The smallest absolute Gasteiger partial charge is 0.266 e. The minimum atomic E-state index is -3.78. The molecule has 1 unspecified atom stereocenters. The maximum absolute atomic E-state index is 13.1. The largest absolute Gasteiger partial charge is 0.317 e. The van der Waals surface area contributed by atoms with Crippen molar-refractivity contribution in [3.63, 3.8) is 0 Å². The van der Waals surface area contributed by atoms with E-state index in [1.54, 1.807) is 6.07 Å². The number of aromatic nitrogens is 1. The van der Waals surface area contributed by atoms with Crippen molar-refractivity contribution in [1.82, 2.24) is 8.87 Å². The summed E-state index contributed by atoms with van der Waals surface area (Å²) in [5.74, 6) is -0.00632. The highest BCUT2D eigenvalue weighted by Crippen LogP contribution is 2.32. The first-order valence-electron chi connectivity index (χ1n) is 10.2. The lowest BCUT2D eigenvalue weighted by Crippen LogP contribution is -2.40. The van der Waals surface area contributed by atoms with Crippen molar-refractivity contribution in [1.29, 1.82) is 0 Å². The normalized spacial score (nSPS) is 18.5. The lowest BCUT2D eigenvalue weighted by molar-refractivity contribution is -0.121. The average Bonchev–Trinajstić information content (AvgIpc) is 3.45. The molecular weight excluding hydrogens is 474 g/mol. The van der Waals surface area contributed by atoms with E-state index >= 15 is 0 Å². The van der Waals surface area contributed by atoms with Gasteiger partial charge in [-0.3, -0.25) is 4.79 Å². The number of thiophene rings is 1. The molecule has 1 aliphatic heterocycles. The molecule has 1 fully saturated rings. The summed E-state index contributed by atoms with van der Waals surface area (Å²) in [6.45, 7) is 7.29. The Morgan fingerprint density at radius 1 is 1.26 bits per heavy atom. The van der Waals surface area contributed by atoms with Crippen molar-refractivity contribution >= 4 is 60.4 Å². The maximum Gasteiger partial charge on any atom is 0.266 e. The standard InChI is InChI=1S/C21H24ClN3O3S3/c1-4-24-15-8-7-14(13(2)3)12-17(15)29-21(24)23-20(26)16-6-5-11-25(16)31(27,28)19-10-9-18(22)30-19/h7-10,12-13,16H,4-6,11H2,1-3H3. The Kier molecular flexibility index (Phi) is 6.42. The number of sulfonamides is 1. The Labute approximate surface area is 194 Å². The van der Waals surface area contributed by atoms with Crippen LogP contribution < -0.4 is 4.80 Å². The Bertz CT molecular complexity index is 1300. The summed E-state index contributed by atoms with van der Waals surface area (Å²) in [4.78, 5) is 18.1. The molecule has 4 rings (SSSR count). The second-order valence-electron chi connectivity index (χ2n) is 7.79.